The summed E-state index contributed by atoms with van der Waals surface area (Å²) in [6, 6.07) is 0. The molecule has 0 spiro atoms. The lowest BCUT2D eigenvalue weighted by Gasteiger charge is -2.36. The predicted molar refractivity (Wildman–Crippen MR) is 74.7 cm³/mol. The number of allylic oxidation sites excluding steroid dienone is 2. The quantitative estimate of drug-likeness (QED) is 0.778. The normalized spacial score (nSPS) is 23.6. The average Bonchev–Trinajstić information content (AvgIpc) is 2.30. The molecule has 2 N–H and O–H groups in total. The minimum atomic E-state index is -0.805. The fraction of sp³-hybridized carbons (Fsp3) is 0.733. The molecule has 4 heteroatoms. The van der Waals surface area contributed by atoms with Crippen molar-refractivity contribution in [2.24, 2.45) is 17.1 Å². The summed E-state index contributed by atoms with van der Waals surface area (Å²) in [7, 11) is 0. The van der Waals surface area contributed by atoms with Gasteiger partial charge in [-0.25, -0.2) is 4.79 Å². The lowest BCUT2D eigenvalue weighted by atomic mass is 9.68. The maximum Gasteiger partial charge on any atom is 0.404 e. The fourth-order valence-electron chi connectivity index (χ4n) is 2.63. The second-order valence-corrected chi connectivity index (χ2v) is 6.15. The van der Waals surface area contributed by atoms with Crippen molar-refractivity contribution >= 4 is 11.9 Å². The van der Waals surface area contributed by atoms with Gasteiger partial charge in [0.25, 0.3) is 0 Å². The van der Waals surface area contributed by atoms with Crippen LogP contribution in [0.4, 0.5) is 4.79 Å². The topological polar surface area (TPSA) is 69.4 Å². The first-order valence-electron chi connectivity index (χ1n) is 6.87. The molecule has 1 rings (SSSR count). The molecule has 0 aromatic heterocycles. The van der Waals surface area contributed by atoms with Crippen molar-refractivity contribution in [3.63, 3.8) is 0 Å². The number of hydrogen-bond acceptors (Lipinski definition) is 3. The van der Waals surface area contributed by atoms with E-state index in [4.69, 9.17) is 10.5 Å². The van der Waals surface area contributed by atoms with Gasteiger partial charge in [0.1, 0.15) is 12.4 Å². The average molecular weight is 267 g/mol. The van der Waals surface area contributed by atoms with Gasteiger partial charge < -0.3 is 10.5 Å². The first kappa shape index (κ1) is 15.7. The maximum atomic E-state index is 12.5. The molecule has 108 valence electrons. The number of ketones is 1. The molecule has 1 atom stereocenters. The van der Waals surface area contributed by atoms with Gasteiger partial charge in [-0.1, -0.05) is 25.0 Å². The Hall–Kier alpha value is -1.32. The van der Waals surface area contributed by atoms with E-state index in [1.54, 1.807) is 0 Å². The van der Waals surface area contributed by atoms with Crippen molar-refractivity contribution in [1.29, 1.82) is 0 Å². The van der Waals surface area contributed by atoms with Gasteiger partial charge >= 0.3 is 6.09 Å². The van der Waals surface area contributed by atoms with Crippen LogP contribution >= 0.6 is 0 Å². The Bertz CT molecular complexity index is 398. The molecule has 0 saturated carbocycles. The highest BCUT2D eigenvalue weighted by molar-refractivity contribution is 5.86. The van der Waals surface area contributed by atoms with Gasteiger partial charge in [0.05, 0.1) is 5.41 Å². The molecule has 0 saturated heterocycles. The highest BCUT2D eigenvalue weighted by Crippen LogP contribution is 2.41. The molecule has 0 aromatic carbocycles. The maximum absolute atomic E-state index is 12.5. The van der Waals surface area contributed by atoms with E-state index in [0.29, 0.717) is 18.8 Å². The summed E-state index contributed by atoms with van der Waals surface area (Å²) in [5.41, 5.74) is 7.05. The van der Waals surface area contributed by atoms with E-state index in [1.165, 1.54) is 11.1 Å². The molecule has 1 unspecified atom stereocenters. The van der Waals surface area contributed by atoms with Crippen molar-refractivity contribution in [3.8, 4) is 0 Å². The van der Waals surface area contributed by atoms with Crippen LogP contribution in [-0.2, 0) is 9.53 Å². The third kappa shape index (κ3) is 4.08. The zero-order valence-electron chi connectivity index (χ0n) is 12.4. The van der Waals surface area contributed by atoms with Crippen LogP contribution < -0.4 is 5.73 Å². The Morgan fingerprint density at radius 2 is 1.95 bits per heavy atom. The number of ether oxygens (including phenoxy) is 1. The van der Waals surface area contributed by atoms with Crippen LogP contribution in [0.2, 0.25) is 0 Å². The van der Waals surface area contributed by atoms with Crippen molar-refractivity contribution in [2.45, 2.75) is 53.4 Å². The van der Waals surface area contributed by atoms with E-state index >= 15 is 0 Å². The number of amides is 1. The molecule has 0 bridgehead atoms. The Labute approximate surface area is 115 Å². The molecule has 0 fully saturated rings. The minimum Gasteiger partial charge on any atom is -0.449 e. The van der Waals surface area contributed by atoms with Gasteiger partial charge in [-0.15, -0.1) is 0 Å². The highest BCUT2D eigenvalue weighted by Gasteiger charge is 2.41. The van der Waals surface area contributed by atoms with Crippen LogP contribution in [0.1, 0.15) is 53.4 Å². The number of carbonyl (C=O) groups excluding carboxylic acids is 2. The van der Waals surface area contributed by atoms with E-state index in [2.05, 4.69) is 13.8 Å². The van der Waals surface area contributed by atoms with Crippen LogP contribution in [0.15, 0.2) is 11.1 Å². The molecule has 0 aromatic rings. The minimum absolute atomic E-state index is 0.110. The van der Waals surface area contributed by atoms with Gasteiger partial charge in [-0.3, -0.25) is 4.79 Å². The summed E-state index contributed by atoms with van der Waals surface area (Å²) in [5.74, 6) is 0.501. The number of Topliss-reactive ketones (excluding diaryl/α,β-unsaturated/α-hetero) is 1. The lowest BCUT2D eigenvalue weighted by Crippen LogP contribution is -2.40. The molecular weight excluding hydrogens is 242 g/mol. The molecule has 0 aliphatic heterocycles. The Kier molecular flexibility index (Phi) is 5.15. The van der Waals surface area contributed by atoms with E-state index in [1.807, 2.05) is 13.8 Å². The van der Waals surface area contributed by atoms with Gasteiger partial charge in [-0.2, -0.15) is 0 Å². The third-order valence-electron chi connectivity index (χ3n) is 3.99. The summed E-state index contributed by atoms with van der Waals surface area (Å²) in [6.07, 6.45) is 2.03. The Morgan fingerprint density at radius 3 is 2.42 bits per heavy atom. The summed E-state index contributed by atoms with van der Waals surface area (Å²) < 4.78 is 4.97. The van der Waals surface area contributed by atoms with Crippen molar-refractivity contribution < 1.29 is 14.3 Å². The van der Waals surface area contributed by atoms with Gasteiger partial charge in [0, 0.05) is 6.42 Å². The van der Waals surface area contributed by atoms with Gasteiger partial charge in [0.15, 0.2) is 0 Å². The SMILES string of the molecule is CC1=C(C)CC(COC(N)=O)(C(=O)CC(C)C)CC1. The van der Waals surface area contributed by atoms with Crippen molar-refractivity contribution in [2.75, 3.05) is 6.61 Å². The van der Waals surface area contributed by atoms with Gasteiger partial charge in [-0.05, 0) is 39.0 Å². The van der Waals surface area contributed by atoms with Crippen molar-refractivity contribution in [3.05, 3.63) is 11.1 Å². The third-order valence-corrected chi connectivity index (χ3v) is 3.99. The zero-order valence-corrected chi connectivity index (χ0v) is 12.4. The second-order valence-electron chi connectivity index (χ2n) is 6.15. The highest BCUT2D eigenvalue weighted by atomic mass is 16.5. The van der Waals surface area contributed by atoms with E-state index in [9.17, 15) is 9.59 Å². The standard InChI is InChI=1S/C15H25NO3/c1-10(2)7-13(17)15(9-19-14(16)18)6-5-11(3)12(4)8-15/h10H,5-9H2,1-4H3,(H2,16,18). The van der Waals surface area contributed by atoms with Crippen LogP contribution in [0.5, 0.6) is 0 Å². The number of hydrogen-bond donors (Lipinski definition) is 1. The Balaban J connectivity index is 2.91. The van der Waals surface area contributed by atoms with Crippen LogP contribution in [0.25, 0.3) is 0 Å². The Morgan fingerprint density at radius 1 is 1.32 bits per heavy atom. The van der Waals surface area contributed by atoms with Crippen LogP contribution in [0, 0.1) is 11.3 Å². The number of carbonyl (C=O) groups is 2. The first-order valence-corrected chi connectivity index (χ1v) is 6.87. The van der Waals surface area contributed by atoms with Crippen LogP contribution in [0.3, 0.4) is 0 Å². The van der Waals surface area contributed by atoms with E-state index in [-0.39, 0.29) is 12.4 Å². The molecule has 4 nitrogen and oxygen atoms in total. The number of nitrogens with two attached hydrogens (primary N) is 1. The molecule has 0 radical (unpaired) electrons. The molecule has 0 heterocycles. The van der Waals surface area contributed by atoms with Crippen LogP contribution in [-0.4, -0.2) is 18.5 Å². The number of primary amides is 1. The first-order chi connectivity index (χ1) is 8.77. The van der Waals surface area contributed by atoms with E-state index in [0.717, 1.165) is 12.8 Å². The smallest absolute Gasteiger partial charge is 0.404 e. The van der Waals surface area contributed by atoms with Crippen molar-refractivity contribution in [1.82, 2.24) is 0 Å². The van der Waals surface area contributed by atoms with Gasteiger partial charge in [0.2, 0.25) is 0 Å². The fourth-order valence-corrected chi connectivity index (χ4v) is 2.63. The zero-order chi connectivity index (χ0) is 14.6. The monoisotopic (exact) mass is 267 g/mol. The predicted octanol–water partition coefficient (Wildman–Crippen LogP) is 3.20. The largest absolute Gasteiger partial charge is 0.449 e. The molecular formula is C15H25NO3. The summed E-state index contributed by atoms with van der Waals surface area (Å²) in [4.78, 5) is 23.4. The second kappa shape index (κ2) is 6.22. The lowest BCUT2D eigenvalue weighted by molar-refractivity contribution is -0.132. The molecule has 1 aliphatic rings. The summed E-state index contributed by atoms with van der Waals surface area (Å²) in [6.45, 7) is 8.31. The molecule has 1 amide bonds. The summed E-state index contributed by atoms with van der Waals surface area (Å²) >= 11 is 0. The van der Waals surface area contributed by atoms with E-state index < -0.39 is 11.5 Å². The number of rotatable bonds is 5. The molecule has 19 heavy (non-hydrogen) atoms. The summed E-state index contributed by atoms with van der Waals surface area (Å²) in [5, 5.41) is 0. The molecule has 1 aliphatic carbocycles.